The van der Waals surface area contributed by atoms with E-state index in [1.165, 1.54) is 11.8 Å². The molecular weight excluding hydrogens is 278 g/mol. The molecule has 0 N–H and O–H groups in total. The van der Waals surface area contributed by atoms with E-state index < -0.39 is 0 Å². The lowest BCUT2D eigenvalue weighted by Crippen LogP contribution is -2.30. The van der Waals surface area contributed by atoms with Gasteiger partial charge in [0.05, 0.1) is 12.4 Å². The molecule has 4 heteroatoms. The number of ether oxygens (including phenoxy) is 1. The first kappa shape index (κ1) is 14.9. The molecule has 1 aliphatic rings. The molecule has 1 fully saturated rings. The zero-order chi connectivity index (χ0) is 15.2. The number of furan rings is 1. The first-order valence-electron chi connectivity index (χ1n) is 7.81. The van der Waals surface area contributed by atoms with Gasteiger partial charge in [0.1, 0.15) is 0 Å². The van der Waals surface area contributed by atoms with Gasteiger partial charge < -0.3 is 14.1 Å². The molecule has 1 amide bonds. The summed E-state index contributed by atoms with van der Waals surface area (Å²) in [5, 5.41) is 0. The predicted molar refractivity (Wildman–Crippen MR) is 83.7 cm³/mol. The zero-order valence-electron chi connectivity index (χ0n) is 12.6. The molecule has 22 heavy (non-hydrogen) atoms. The topological polar surface area (TPSA) is 42.7 Å². The Bertz CT molecular complexity index is 580. The minimum absolute atomic E-state index is 0.0413. The Kier molecular flexibility index (Phi) is 4.91. The van der Waals surface area contributed by atoms with E-state index in [9.17, 15) is 4.79 Å². The van der Waals surface area contributed by atoms with E-state index in [4.69, 9.17) is 9.15 Å². The number of hydrogen-bond donors (Lipinski definition) is 0. The molecule has 0 spiro atoms. The van der Waals surface area contributed by atoms with Crippen LogP contribution < -0.4 is 0 Å². The Morgan fingerprint density at radius 1 is 1.23 bits per heavy atom. The van der Waals surface area contributed by atoms with Gasteiger partial charge in [-0.2, -0.15) is 0 Å². The van der Waals surface area contributed by atoms with Gasteiger partial charge in [0.25, 0.3) is 5.91 Å². The summed E-state index contributed by atoms with van der Waals surface area (Å²) in [6, 6.07) is 13.9. The van der Waals surface area contributed by atoms with Gasteiger partial charge in [0.15, 0.2) is 5.76 Å². The first-order valence-corrected chi connectivity index (χ1v) is 7.81. The average molecular weight is 299 g/mol. The van der Waals surface area contributed by atoms with Gasteiger partial charge in [-0.15, -0.1) is 0 Å². The lowest BCUT2D eigenvalue weighted by molar-refractivity contribution is 0.0514. The number of benzene rings is 1. The first-order chi connectivity index (χ1) is 10.8. The van der Waals surface area contributed by atoms with E-state index >= 15 is 0 Å². The van der Waals surface area contributed by atoms with E-state index in [0.29, 0.717) is 12.3 Å². The molecule has 3 rings (SSSR count). The second kappa shape index (κ2) is 7.27. The van der Waals surface area contributed by atoms with Crippen LogP contribution in [0.2, 0.25) is 0 Å². The SMILES string of the molecule is O=C(c1ccco1)N1CC[C@H](OCCCc2ccccc2)C1. The molecule has 116 valence electrons. The smallest absolute Gasteiger partial charge is 0.289 e. The molecule has 1 aliphatic heterocycles. The van der Waals surface area contributed by atoms with Gasteiger partial charge in [0, 0.05) is 19.7 Å². The largest absolute Gasteiger partial charge is 0.459 e. The van der Waals surface area contributed by atoms with Gasteiger partial charge >= 0.3 is 0 Å². The van der Waals surface area contributed by atoms with Crippen LogP contribution in [0.5, 0.6) is 0 Å². The summed E-state index contributed by atoms with van der Waals surface area (Å²) in [5.74, 6) is 0.366. The fraction of sp³-hybridized carbons (Fsp3) is 0.389. The molecule has 0 bridgehead atoms. The maximum atomic E-state index is 12.1. The summed E-state index contributed by atoms with van der Waals surface area (Å²) in [5.41, 5.74) is 1.34. The Morgan fingerprint density at radius 2 is 2.09 bits per heavy atom. The second-order valence-electron chi connectivity index (χ2n) is 5.60. The summed E-state index contributed by atoms with van der Waals surface area (Å²) < 4.78 is 11.1. The molecule has 1 aromatic heterocycles. The van der Waals surface area contributed by atoms with Gasteiger partial charge in [-0.1, -0.05) is 30.3 Å². The van der Waals surface area contributed by atoms with Crippen molar-refractivity contribution in [1.29, 1.82) is 0 Å². The minimum atomic E-state index is -0.0413. The molecule has 0 radical (unpaired) electrons. The van der Waals surface area contributed by atoms with Crippen molar-refractivity contribution in [2.24, 2.45) is 0 Å². The predicted octanol–water partition coefficient (Wildman–Crippen LogP) is 3.14. The number of aryl methyl sites for hydroxylation is 1. The highest BCUT2D eigenvalue weighted by Crippen LogP contribution is 2.16. The number of nitrogens with zero attached hydrogens (tertiary/aromatic N) is 1. The number of hydrogen-bond acceptors (Lipinski definition) is 3. The minimum Gasteiger partial charge on any atom is -0.459 e. The van der Waals surface area contributed by atoms with Crippen LogP contribution in [0.3, 0.4) is 0 Å². The highest BCUT2D eigenvalue weighted by Gasteiger charge is 2.28. The summed E-state index contributed by atoms with van der Waals surface area (Å²) >= 11 is 0. The van der Waals surface area contributed by atoms with Crippen molar-refractivity contribution in [3.8, 4) is 0 Å². The van der Waals surface area contributed by atoms with Crippen molar-refractivity contribution in [3.63, 3.8) is 0 Å². The summed E-state index contributed by atoms with van der Waals surface area (Å²) in [6.07, 6.45) is 4.61. The van der Waals surface area contributed by atoms with Crippen molar-refractivity contribution in [2.45, 2.75) is 25.4 Å². The molecule has 0 saturated carbocycles. The molecule has 2 heterocycles. The maximum Gasteiger partial charge on any atom is 0.289 e. The fourth-order valence-electron chi connectivity index (χ4n) is 2.78. The van der Waals surface area contributed by atoms with Crippen LogP contribution in [0.4, 0.5) is 0 Å². The highest BCUT2D eigenvalue weighted by molar-refractivity contribution is 5.91. The van der Waals surface area contributed by atoms with Crippen LogP contribution in [-0.4, -0.2) is 36.6 Å². The van der Waals surface area contributed by atoms with Crippen molar-refractivity contribution in [1.82, 2.24) is 4.90 Å². The van der Waals surface area contributed by atoms with Crippen LogP contribution in [0.1, 0.15) is 29.0 Å². The standard InChI is InChI=1S/C18H21NO3/c20-18(17-9-5-13-22-17)19-11-10-16(14-19)21-12-4-8-15-6-2-1-3-7-15/h1-3,5-7,9,13,16H,4,8,10-12,14H2/t16-/m0/s1. The number of carbonyl (C=O) groups excluding carboxylic acids is 1. The molecule has 4 nitrogen and oxygen atoms in total. The van der Waals surface area contributed by atoms with E-state index in [1.807, 2.05) is 6.07 Å². The summed E-state index contributed by atoms with van der Waals surface area (Å²) in [6.45, 7) is 2.14. The van der Waals surface area contributed by atoms with Crippen LogP contribution >= 0.6 is 0 Å². The third-order valence-corrected chi connectivity index (χ3v) is 3.97. The Hall–Kier alpha value is -2.07. The number of carbonyl (C=O) groups is 1. The van der Waals surface area contributed by atoms with Crippen molar-refractivity contribution in [3.05, 3.63) is 60.1 Å². The molecule has 0 unspecified atom stereocenters. The Balaban J connectivity index is 1.37. The van der Waals surface area contributed by atoms with E-state index in [-0.39, 0.29) is 12.0 Å². The number of amides is 1. The van der Waals surface area contributed by atoms with Crippen molar-refractivity contribution in [2.75, 3.05) is 19.7 Å². The molecule has 2 aromatic rings. The monoisotopic (exact) mass is 299 g/mol. The third kappa shape index (κ3) is 3.77. The maximum absolute atomic E-state index is 12.1. The lowest BCUT2D eigenvalue weighted by Gasteiger charge is -2.15. The van der Waals surface area contributed by atoms with E-state index in [1.54, 1.807) is 17.0 Å². The number of likely N-dealkylation sites (tertiary alicyclic amines) is 1. The van der Waals surface area contributed by atoms with Crippen LogP contribution in [0.15, 0.2) is 53.1 Å². The molecule has 1 atom stereocenters. The van der Waals surface area contributed by atoms with E-state index in [0.717, 1.165) is 32.4 Å². The van der Waals surface area contributed by atoms with Crippen molar-refractivity contribution < 1.29 is 13.9 Å². The van der Waals surface area contributed by atoms with Gasteiger partial charge in [-0.05, 0) is 37.0 Å². The second-order valence-corrected chi connectivity index (χ2v) is 5.60. The van der Waals surface area contributed by atoms with E-state index in [2.05, 4.69) is 24.3 Å². The fourth-order valence-corrected chi connectivity index (χ4v) is 2.78. The molecule has 1 saturated heterocycles. The Labute approximate surface area is 130 Å². The number of rotatable bonds is 6. The zero-order valence-corrected chi connectivity index (χ0v) is 12.6. The van der Waals surface area contributed by atoms with Crippen LogP contribution in [-0.2, 0) is 11.2 Å². The lowest BCUT2D eigenvalue weighted by atomic mass is 10.1. The van der Waals surface area contributed by atoms with Crippen molar-refractivity contribution >= 4 is 5.91 Å². The van der Waals surface area contributed by atoms with Crippen LogP contribution in [0.25, 0.3) is 0 Å². The quantitative estimate of drug-likeness (QED) is 0.770. The third-order valence-electron chi connectivity index (χ3n) is 3.97. The summed E-state index contributed by atoms with van der Waals surface area (Å²) in [4.78, 5) is 14.0. The molecule has 1 aromatic carbocycles. The van der Waals surface area contributed by atoms with Gasteiger partial charge in [-0.25, -0.2) is 0 Å². The normalized spacial score (nSPS) is 17.8. The highest BCUT2D eigenvalue weighted by atomic mass is 16.5. The molecule has 0 aliphatic carbocycles. The summed E-state index contributed by atoms with van der Waals surface area (Å²) in [7, 11) is 0. The van der Waals surface area contributed by atoms with Gasteiger partial charge in [0.2, 0.25) is 0 Å². The van der Waals surface area contributed by atoms with Crippen LogP contribution in [0, 0.1) is 0 Å². The molecular formula is C18H21NO3. The average Bonchev–Trinajstić information content (AvgIpc) is 3.24. The van der Waals surface area contributed by atoms with Gasteiger partial charge in [-0.3, -0.25) is 4.79 Å². The Morgan fingerprint density at radius 3 is 2.86 bits per heavy atom.